The average Bonchev–Trinajstić information content (AvgIpc) is 2.63. The van der Waals surface area contributed by atoms with Crippen LogP contribution in [0.25, 0.3) is 10.9 Å². The lowest BCUT2D eigenvalue weighted by atomic mass is 10.2. The van der Waals surface area contributed by atoms with Gasteiger partial charge in [0.2, 0.25) is 0 Å². The Hall–Kier alpha value is -2.28. The first-order chi connectivity index (χ1) is 7.13. The molecule has 0 bridgehead atoms. The van der Waals surface area contributed by atoms with Crippen LogP contribution < -0.4 is 0 Å². The van der Waals surface area contributed by atoms with E-state index >= 15 is 0 Å². The minimum atomic E-state index is -0.833. The van der Waals surface area contributed by atoms with Crippen LogP contribution in [0.3, 0.4) is 0 Å². The summed E-state index contributed by atoms with van der Waals surface area (Å²) < 4.78 is 0. The Morgan fingerprint density at radius 1 is 1.47 bits per heavy atom. The summed E-state index contributed by atoms with van der Waals surface area (Å²) in [6.07, 6.45) is 1.87. The lowest BCUT2D eigenvalue weighted by Crippen LogP contribution is -1.78. The molecule has 0 fully saturated rings. The molecule has 2 N–H and O–H groups in total. The Bertz CT molecular complexity index is 505. The molecule has 0 saturated carbocycles. The van der Waals surface area contributed by atoms with Gasteiger partial charge in [0.1, 0.15) is 0 Å². The van der Waals surface area contributed by atoms with Gasteiger partial charge in [-0.3, -0.25) is 4.79 Å². The zero-order chi connectivity index (χ0) is 11.3. The number of hydrogen-bond acceptors (Lipinski definition) is 2. The van der Waals surface area contributed by atoms with Gasteiger partial charge < -0.3 is 10.1 Å². The molecule has 0 atom stereocenters. The quantitative estimate of drug-likeness (QED) is 0.687. The highest BCUT2D eigenvalue weighted by Gasteiger charge is 1.94. The molecule has 2 rings (SSSR count). The zero-order valence-corrected chi connectivity index (χ0v) is 8.19. The maximum absolute atomic E-state index is 9.00. The molecule has 0 aliphatic carbocycles. The molecule has 0 spiro atoms. The van der Waals surface area contributed by atoms with E-state index in [4.69, 9.17) is 15.2 Å². The number of benzene rings is 1. The average molecular weight is 202 g/mol. The Morgan fingerprint density at radius 2 is 2.13 bits per heavy atom. The van der Waals surface area contributed by atoms with Crippen molar-refractivity contribution in [3.05, 3.63) is 36.0 Å². The Morgan fingerprint density at radius 3 is 2.73 bits per heavy atom. The highest BCUT2D eigenvalue weighted by Crippen LogP contribution is 2.12. The van der Waals surface area contributed by atoms with Crippen LogP contribution >= 0.6 is 0 Å². The number of aliphatic carboxylic acids is 1. The predicted molar refractivity (Wildman–Crippen MR) is 56.3 cm³/mol. The Labute approximate surface area is 86.8 Å². The molecule has 0 amide bonds. The summed E-state index contributed by atoms with van der Waals surface area (Å²) in [4.78, 5) is 12.0. The van der Waals surface area contributed by atoms with Crippen molar-refractivity contribution in [2.75, 3.05) is 0 Å². The number of nitrogens with one attached hydrogen (secondary N) is 1. The summed E-state index contributed by atoms with van der Waals surface area (Å²) >= 11 is 0. The van der Waals surface area contributed by atoms with Crippen LogP contribution in [0.4, 0.5) is 0 Å². The number of carbonyl (C=O) groups is 1. The molecule has 0 unspecified atom stereocenters. The number of rotatable bonds is 0. The lowest BCUT2D eigenvalue weighted by molar-refractivity contribution is -0.134. The fourth-order valence-corrected chi connectivity index (χ4v) is 1.12. The summed E-state index contributed by atoms with van der Waals surface area (Å²) in [6.45, 7) is 1.08. The molecule has 4 heteroatoms. The molecule has 0 aliphatic heterocycles. The number of aromatic nitrogens is 1. The Kier molecular flexibility index (Phi) is 3.47. The highest BCUT2D eigenvalue weighted by atomic mass is 16.4. The van der Waals surface area contributed by atoms with Crippen molar-refractivity contribution in [1.82, 2.24) is 4.98 Å². The van der Waals surface area contributed by atoms with Gasteiger partial charge in [-0.15, -0.1) is 0 Å². The SMILES string of the molecule is CC(=O)O.N#Cc1ccc2cc[nH]c2c1. The first kappa shape index (κ1) is 10.8. The minimum Gasteiger partial charge on any atom is -0.481 e. The van der Waals surface area contributed by atoms with Gasteiger partial charge in [0.15, 0.2) is 0 Å². The summed E-state index contributed by atoms with van der Waals surface area (Å²) in [7, 11) is 0. The molecule has 15 heavy (non-hydrogen) atoms. The van der Waals surface area contributed by atoms with Gasteiger partial charge in [0.25, 0.3) is 5.97 Å². The van der Waals surface area contributed by atoms with Crippen LogP contribution in [0, 0.1) is 11.3 Å². The third-order valence-corrected chi connectivity index (χ3v) is 1.68. The van der Waals surface area contributed by atoms with Gasteiger partial charge in [-0.1, -0.05) is 6.07 Å². The number of H-pyrrole nitrogens is 1. The van der Waals surface area contributed by atoms with Crippen LogP contribution in [0.2, 0.25) is 0 Å². The third kappa shape index (κ3) is 3.16. The van der Waals surface area contributed by atoms with Crippen LogP contribution in [0.1, 0.15) is 12.5 Å². The zero-order valence-electron chi connectivity index (χ0n) is 8.19. The van der Waals surface area contributed by atoms with Gasteiger partial charge in [0, 0.05) is 18.6 Å². The minimum absolute atomic E-state index is 0.694. The van der Waals surface area contributed by atoms with Crippen LogP contribution in [-0.2, 0) is 4.79 Å². The maximum atomic E-state index is 9.00. The van der Waals surface area contributed by atoms with Crippen LogP contribution in [-0.4, -0.2) is 16.1 Å². The largest absolute Gasteiger partial charge is 0.481 e. The van der Waals surface area contributed by atoms with E-state index in [2.05, 4.69) is 11.1 Å². The fraction of sp³-hybridized carbons (Fsp3) is 0.0909. The van der Waals surface area contributed by atoms with Crippen molar-refractivity contribution >= 4 is 16.9 Å². The second kappa shape index (κ2) is 4.82. The molecule has 1 heterocycles. The van der Waals surface area contributed by atoms with Crippen molar-refractivity contribution in [3.63, 3.8) is 0 Å². The Balaban J connectivity index is 0.000000245. The van der Waals surface area contributed by atoms with Crippen molar-refractivity contribution in [2.45, 2.75) is 6.92 Å². The summed E-state index contributed by atoms with van der Waals surface area (Å²) in [5.41, 5.74) is 1.71. The van der Waals surface area contributed by atoms with E-state index in [1.165, 1.54) is 0 Å². The number of carboxylic acid groups (broad SMARTS) is 1. The molecular formula is C11H10N2O2. The van der Waals surface area contributed by atoms with E-state index in [9.17, 15) is 0 Å². The maximum Gasteiger partial charge on any atom is 0.300 e. The summed E-state index contributed by atoms with van der Waals surface area (Å²) in [6, 6.07) is 9.66. The lowest BCUT2D eigenvalue weighted by Gasteiger charge is -1.88. The summed E-state index contributed by atoms with van der Waals surface area (Å²) in [5.74, 6) is -0.833. The third-order valence-electron chi connectivity index (χ3n) is 1.68. The fourth-order valence-electron chi connectivity index (χ4n) is 1.12. The van der Waals surface area contributed by atoms with E-state index in [1.54, 1.807) is 0 Å². The normalized spacial score (nSPS) is 8.80. The van der Waals surface area contributed by atoms with Crippen molar-refractivity contribution in [1.29, 1.82) is 5.26 Å². The molecule has 0 radical (unpaired) electrons. The molecule has 4 nitrogen and oxygen atoms in total. The molecule has 2 aromatic rings. The second-order valence-corrected chi connectivity index (χ2v) is 2.91. The number of carboxylic acids is 1. The standard InChI is InChI=1S/C9H6N2.C2H4O2/c10-6-7-1-2-8-3-4-11-9(8)5-7;1-2(3)4/h1-5,11H;1H3,(H,3,4). The van der Waals surface area contributed by atoms with Crippen LogP contribution in [0.15, 0.2) is 30.5 Å². The molecule has 0 saturated heterocycles. The van der Waals surface area contributed by atoms with Gasteiger partial charge in [-0.05, 0) is 23.6 Å². The molecule has 76 valence electrons. The topological polar surface area (TPSA) is 76.9 Å². The van der Waals surface area contributed by atoms with Gasteiger partial charge in [0.05, 0.1) is 11.6 Å². The first-order valence-corrected chi connectivity index (χ1v) is 4.30. The predicted octanol–water partition coefficient (Wildman–Crippen LogP) is 2.13. The summed E-state index contributed by atoms with van der Waals surface area (Å²) in [5, 5.41) is 17.1. The highest BCUT2D eigenvalue weighted by molar-refractivity contribution is 5.80. The number of nitriles is 1. The van der Waals surface area contributed by atoms with E-state index in [0.717, 1.165) is 17.8 Å². The molecular weight excluding hydrogens is 192 g/mol. The number of aromatic amines is 1. The number of fused-ring (bicyclic) bond motifs is 1. The van der Waals surface area contributed by atoms with E-state index in [-0.39, 0.29) is 0 Å². The van der Waals surface area contributed by atoms with Crippen molar-refractivity contribution < 1.29 is 9.90 Å². The molecule has 1 aromatic carbocycles. The van der Waals surface area contributed by atoms with E-state index in [1.807, 2.05) is 30.5 Å². The van der Waals surface area contributed by atoms with Gasteiger partial charge in [-0.25, -0.2) is 0 Å². The smallest absolute Gasteiger partial charge is 0.300 e. The number of hydrogen-bond donors (Lipinski definition) is 2. The van der Waals surface area contributed by atoms with Gasteiger partial charge >= 0.3 is 0 Å². The van der Waals surface area contributed by atoms with E-state index < -0.39 is 5.97 Å². The second-order valence-electron chi connectivity index (χ2n) is 2.91. The van der Waals surface area contributed by atoms with Crippen molar-refractivity contribution in [2.24, 2.45) is 0 Å². The monoisotopic (exact) mass is 202 g/mol. The van der Waals surface area contributed by atoms with Crippen LogP contribution in [0.5, 0.6) is 0 Å². The number of nitrogens with zero attached hydrogens (tertiary/aromatic N) is 1. The van der Waals surface area contributed by atoms with Gasteiger partial charge in [-0.2, -0.15) is 5.26 Å². The van der Waals surface area contributed by atoms with E-state index in [0.29, 0.717) is 5.56 Å². The first-order valence-electron chi connectivity index (χ1n) is 4.30. The molecule has 0 aliphatic rings. The van der Waals surface area contributed by atoms with Crippen molar-refractivity contribution in [3.8, 4) is 6.07 Å². The molecule has 1 aromatic heterocycles.